The monoisotopic (exact) mass is 374 g/mol. The van der Waals surface area contributed by atoms with Crippen LogP contribution in [0.15, 0.2) is 0 Å². The number of rotatable bonds is 11. The van der Waals surface area contributed by atoms with E-state index in [0.717, 1.165) is 51.4 Å². The first-order chi connectivity index (χ1) is 12.4. The van der Waals surface area contributed by atoms with Gasteiger partial charge in [-0.1, -0.05) is 53.4 Å². The van der Waals surface area contributed by atoms with Crippen LogP contribution in [0.5, 0.6) is 0 Å². The fourth-order valence-electron chi connectivity index (χ4n) is 4.23. The van der Waals surface area contributed by atoms with E-state index in [1.165, 1.54) is 0 Å². The molecule has 6 nitrogen and oxygen atoms in total. The summed E-state index contributed by atoms with van der Waals surface area (Å²) in [6, 6.07) is 0. The van der Waals surface area contributed by atoms with Crippen molar-refractivity contribution in [2.45, 2.75) is 115 Å². The predicted octanol–water partition coefficient (Wildman–Crippen LogP) is 3.13. The van der Waals surface area contributed by atoms with Crippen molar-refractivity contribution in [1.29, 1.82) is 0 Å². The third-order valence-electron chi connectivity index (χ3n) is 5.39. The van der Waals surface area contributed by atoms with Crippen molar-refractivity contribution >= 4 is 0 Å². The van der Waals surface area contributed by atoms with Gasteiger partial charge in [-0.25, -0.2) is 0 Å². The first-order valence-electron chi connectivity index (χ1n) is 10.4. The van der Waals surface area contributed by atoms with Gasteiger partial charge in [0.05, 0.1) is 13.2 Å². The standard InChI is InChI=1S/C20H38O6/c1-5-9-19(10-6-2)23-13-15(25-19)17(21)18(22)16-14-24-20(26-16,11-7-3)12-8-4/h15-18,21-22H,5-14H2,1-4H3. The molecule has 0 aromatic rings. The molecule has 2 heterocycles. The molecule has 2 aliphatic heterocycles. The Bertz CT molecular complexity index is 365. The highest BCUT2D eigenvalue weighted by molar-refractivity contribution is 4.91. The lowest BCUT2D eigenvalue weighted by Crippen LogP contribution is -2.47. The van der Waals surface area contributed by atoms with Crippen LogP contribution in [0, 0.1) is 0 Å². The molecular formula is C20H38O6. The fourth-order valence-corrected chi connectivity index (χ4v) is 4.23. The van der Waals surface area contributed by atoms with Crippen LogP contribution in [0.2, 0.25) is 0 Å². The molecule has 2 N–H and O–H groups in total. The van der Waals surface area contributed by atoms with Crippen LogP contribution in [0.25, 0.3) is 0 Å². The predicted molar refractivity (Wildman–Crippen MR) is 98.8 cm³/mol. The lowest BCUT2D eigenvalue weighted by molar-refractivity contribution is -0.211. The van der Waals surface area contributed by atoms with Crippen molar-refractivity contribution in [3.8, 4) is 0 Å². The molecular weight excluding hydrogens is 336 g/mol. The van der Waals surface area contributed by atoms with Gasteiger partial charge < -0.3 is 29.2 Å². The zero-order valence-corrected chi connectivity index (χ0v) is 16.9. The second-order valence-corrected chi connectivity index (χ2v) is 7.74. The maximum atomic E-state index is 10.7. The van der Waals surface area contributed by atoms with Crippen LogP contribution < -0.4 is 0 Å². The zero-order chi connectivity index (χ0) is 19.2. The van der Waals surface area contributed by atoms with Crippen molar-refractivity contribution in [2.24, 2.45) is 0 Å². The second kappa shape index (κ2) is 9.80. The van der Waals surface area contributed by atoms with Crippen molar-refractivity contribution in [3.05, 3.63) is 0 Å². The minimum atomic E-state index is -1.06. The minimum Gasteiger partial charge on any atom is -0.387 e. The Labute approximate surface area is 158 Å². The summed E-state index contributed by atoms with van der Waals surface area (Å²) in [5.41, 5.74) is 0. The largest absolute Gasteiger partial charge is 0.387 e. The van der Waals surface area contributed by atoms with Crippen LogP contribution in [-0.2, 0) is 18.9 Å². The molecule has 0 aromatic heterocycles. The third-order valence-corrected chi connectivity index (χ3v) is 5.39. The molecule has 2 rings (SSSR count). The highest BCUT2D eigenvalue weighted by Gasteiger charge is 2.49. The topological polar surface area (TPSA) is 77.4 Å². The Hall–Kier alpha value is -0.240. The van der Waals surface area contributed by atoms with Crippen molar-refractivity contribution in [1.82, 2.24) is 0 Å². The Kier molecular flexibility index (Phi) is 8.32. The first-order valence-corrected chi connectivity index (χ1v) is 10.4. The lowest BCUT2D eigenvalue weighted by atomic mass is 10.0. The molecule has 0 saturated carbocycles. The van der Waals surface area contributed by atoms with Crippen LogP contribution in [0.4, 0.5) is 0 Å². The zero-order valence-electron chi connectivity index (χ0n) is 16.9. The normalized spacial score (nSPS) is 29.8. The van der Waals surface area contributed by atoms with Crippen LogP contribution in [0.1, 0.15) is 79.1 Å². The minimum absolute atomic E-state index is 0.293. The average molecular weight is 375 g/mol. The van der Waals surface area contributed by atoms with Crippen molar-refractivity contribution in [2.75, 3.05) is 13.2 Å². The number of ether oxygens (including phenoxy) is 4. The lowest BCUT2D eigenvalue weighted by Gasteiger charge is -2.31. The Morgan fingerprint density at radius 3 is 1.27 bits per heavy atom. The molecule has 0 radical (unpaired) electrons. The van der Waals surface area contributed by atoms with Crippen molar-refractivity contribution in [3.63, 3.8) is 0 Å². The maximum Gasteiger partial charge on any atom is 0.169 e. The summed E-state index contributed by atoms with van der Waals surface area (Å²) < 4.78 is 24.0. The quantitative estimate of drug-likeness (QED) is 0.579. The van der Waals surface area contributed by atoms with E-state index < -0.39 is 36.0 Å². The molecule has 0 bridgehead atoms. The van der Waals surface area contributed by atoms with Gasteiger partial charge in [-0.15, -0.1) is 0 Å². The van der Waals surface area contributed by atoms with E-state index in [-0.39, 0.29) is 0 Å². The van der Waals surface area contributed by atoms with E-state index in [0.29, 0.717) is 13.2 Å². The van der Waals surface area contributed by atoms with Gasteiger partial charge in [0.1, 0.15) is 24.4 Å². The van der Waals surface area contributed by atoms with E-state index >= 15 is 0 Å². The Balaban J connectivity index is 1.96. The highest BCUT2D eigenvalue weighted by Crippen LogP contribution is 2.37. The fraction of sp³-hybridized carbons (Fsp3) is 1.00. The smallest absolute Gasteiger partial charge is 0.169 e. The molecule has 0 spiro atoms. The van der Waals surface area contributed by atoms with E-state index in [4.69, 9.17) is 18.9 Å². The number of hydrogen-bond donors (Lipinski definition) is 2. The Morgan fingerprint density at radius 1 is 0.692 bits per heavy atom. The van der Waals surface area contributed by atoms with E-state index in [9.17, 15) is 10.2 Å². The van der Waals surface area contributed by atoms with Gasteiger partial charge in [-0.3, -0.25) is 0 Å². The molecule has 0 aliphatic carbocycles. The summed E-state index contributed by atoms with van der Waals surface area (Å²) in [4.78, 5) is 0. The summed E-state index contributed by atoms with van der Waals surface area (Å²) in [6.45, 7) is 8.95. The summed E-state index contributed by atoms with van der Waals surface area (Å²) in [6.07, 6.45) is 3.75. The third kappa shape index (κ3) is 4.97. The Morgan fingerprint density at radius 2 is 1.00 bits per heavy atom. The average Bonchev–Trinajstić information content (AvgIpc) is 3.20. The number of hydrogen-bond acceptors (Lipinski definition) is 6. The van der Waals surface area contributed by atoms with E-state index in [1.54, 1.807) is 0 Å². The molecule has 0 amide bonds. The molecule has 6 heteroatoms. The molecule has 2 saturated heterocycles. The molecule has 4 unspecified atom stereocenters. The van der Waals surface area contributed by atoms with E-state index in [2.05, 4.69) is 27.7 Å². The first kappa shape index (κ1) is 22.1. The van der Waals surface area contributed by atoms with Crippen LogP contribution in [-0.4, -0.2) is 59.4 Å². The van der Waals surface area contributed by atoms with Crippen molar-refractivity contribution < 1.29 is 29.2 Å². The maximum absolute atomic E-state index is 10.7. The van der Waals surface area contributed by atoms with Crippen LogP contribution in [0.3, 0.4) is 0 Å². The molecule has 4 atom stereocenters. The number of aliphatic hydroxyl groups is 2. The number of aliphatic hydroxyl groups excluding tert-OH is 2. The molecule has 154 valence electrons. The summed E-state index contributed by atoms with van der Waals surface area (Å²) >= 11 is 0. The molecule has 26 heavy (non-hydrogen) atoms. The van der Waals surface area contributed by atoms with Gasteiger partial charge in [-0.05, 0) is 0 Å². The highest BCUT2D eigenvalue weighted by atomic mass is 16.8. The van der Waals surface area contributed by atoms with Gasteiger partial charge in [0, 0.05) is 25.7 Å². The molecule has 2 aliphatic rings. The summed E-state index contributed by atoms with van der Waals surface area (Å²) in [7, 11) is 0. The van der Waals surface area contributed by atoms with Crippen LogP contribution >= 0.6 is 0 Å². The summed E-state index contributed by atoms with van der Waals surface area (Å²) in [5, 5.41) is 21.4. The summed E-state index contributed by atoms with van der Waals surface area (Å²) in [5.74, 6) is -1.26. The SMILES string of the molecule is CCCC1(CCC)OCC(C(O)C(O)C2COC(CCC)(CCC)O2)O1. The van der Waals surface area contributed by atoms with E-state index in [1.807, 2.05) is 0 Å². The van der Waals surface area contributed by atoms with Gasteiger partial charge in [-0.2, -0.15) is 0 Å². The molecule has 0 aromatic carbocycles. The van der Waals surface area contributed by atoms with Gasteiger partial charge in [0.2, 0.25) is 0 Å². The van der Waals surface area contributed by atoms with Gasteiger partial charge in [0.15, 0.2) is 11.6 Å². The van der Waals surface area contributed by atoms with Gasteiger partial charge in [0.25, 0.3) is 0 Å². The second-order valence-electron chi connectivity index (χ2n) is 7.74. The van der Waals surface area contributed by atoms with Gasteiger partial charge >= 0.3 is 0 Å². The molecule has 2 fully saturated rings.